The van der Waals surface area contributed by atoms with Crippen LogP contribution in [0.15, 0.2) is 0 Å². The Kier molecular flexibility index (Phi) is 12.1. The summed E-state index contributed by atoms with van der Waals surface area (Å²) in [6.07, 6.45) is 18.1. The van der Waals surface area contributed by atoms with Crippen molar-refractivity contribution in [3.05, 3.63) is 0 Å². The highest BCUT2D eigenvalue weighted by molar-refractivity contribution is 4.87. The third-order valence-electron chi connectivity index (χ3n) is 4.91. The van der Waals surface area contributed by atoms with E-state index in [-0.39, 0.29) is 18.2 Å². The van der Waals surface area contributed by atoms with Crippen molar-refractivity contribution in [2.45, 2.75) is 109 Å². The van der Waals surface area contributed by atoms with Crippen LogP contribution in [0, 0.1) is 0 Å². The minimum atomic E-state index is 0.0623. The van der Waals surface area contributed by atoms with Gasteiger partial charge in [0.15, 0.2) is 0 Å². The van der Waals surface area contributed by atoms with Gasteiger partial charge in [0.1, 0.15) is 6.10 Å². The fourth-order valence-corrected chi connectivity index (χ4v) is 3.46. The van der Waals surface area contributed by atoms with E-state index in [4.69, 9.17) is 15.2 Å². The molecule has 3 nitrogen and oxygen atoms in total. The smallest absolute Gasteiger partial charge is 0.101 e. The Morgan fingerprint density at radius 1 is 0.864 bits per heavy atom. The number of nitrogens with two attached hydrogens (primary N) is 1. The fraction of sp³-hybridized carbons (Fsp3) is 1.00. The van der Waals surface area contributed by atoms with Gasteiger partial charge >= 0.3 is 0 Å². The molecule has 22 heavy (non-hydrogen) atoms. The molecule has 0 aromatic carbocycles. The first kappa shape index (κ1) is 19.9. The van der Waals surface area contributed by atoms with E-state index in [1.807, 2.05) is 0 Å². The van der Waals surface area contributed by atoms with Gasteiger partial charge in [-0.05, 0) is 6.42 Å². The predicted octanol–water partition coefficient (Wildman–Crippen LogP) is 4.82. The molecule has 1 saturated heterocycles. The van der Waals surface area contributed by atoms with Crippen molar-refractivity contribution < 1.29 is 9.47 Å². The molecular weight excluding hydrogens is 274 g/mol. The molecule has 3 heteroatoms. The van der Waals surface area contributed by atoms with E-state index in [9.17, 15) is 0 Å². The minimum absolute atomic E-state index is 0.0623. The molecule has 0 aromatic heterocycles. The molecule has 1 rings (SSSR count). The standard InChI is InChI=1S/C19H39NO2/c1-3-4-5-6-7-8-9-10-11-12-13-14-15-18-19(21-2)17(20)16-22-18/h17-19H,3-16,20H2,1-2H3/t17-,18+,19+/m1/s1. The lowest BCUT2D eigenvalue weighted by Crippen LogP contribution is -2.38. The molecule has 0 aromatic rings. The van der Waals surface area contributed by atoms with Crippen LogP contribution in [-0.2, 0) is 9.47 Å². The van der Waals surface area contributed by atoms with Crippen molar-refractivity contribution in [1.29, 1.82) is 0 Å². The van der Waals surface area contributed by atoms with E-state index < -0.39 is 0 Å². The highest BCUT2D eigenvalue weighted by atomic mass is 16.6. The quantitative estimate of drug-likeness (QED) is 0.468. The topological polar surface area (TPSA) is 44.5 Å². The molecule has 1 heterocycles. The van der Waals surface area contributed by atoms with Gasteiger partial charge in [-0.25, -0.2) is 0 Å². The van der Waals surface area contributed by atoms with E-state index in [2.05, 4.69) is 6.92 Å². The monoisotopic (exact) mass is 313 g/mol. The Balaban J connectivity index is 1.82. The average Bonchev–Trinajstić information content (AvgIpc) is 2.88. The average molecular weight is 314 g/mol. The van der Waals surface area contributed by atoms with E-state index in [0.29, 0.717) is 6.61 Å². The van der Waals surface area contributed by atoms with Crippen LogP contribution in [0.25, 0.3) is 0 Å². The Labute approximate surface area is 138 Å². The SMILES string of the molecule is CCCCCCCCCCCCCC[C@@H]1OC[C@@H](N)[C@@H]1OC. The highest BCUT2D eigenvalue weighted by Gasteiger charge is 2.34. The first-order valence-corrected chi connectivity index (χ1v) is 9.69. The molecule has 1 aliphatic heterocycles. The van der Waals surface area contributed by atoms with Crippen LogP contribution in [0.1, 0.15) is 90.4 Å². The number of hydrogen-bond donors (Lipinski definition) is 1. The van der Waals surface area contributed by atoms with Crippen LogP contribution >= 0.6 is 0 Å². The van der Waals surface area contributed by atoms with E-state index in [1.165, 1.54) is 77.0 Å². The minimum Gasteiger partial charge on any atom is -0.377 e. The number of hydrogen-bond acceptors (Lipinski definition) is 3. The molecule has 0 unspecified atom stereocenters. The summed E-state index contributed by atoms with van der Waals surface area (Å²) in [6, 6.07) is 0.0623. The van der Waals surface area contributed by atoms with Crippen LogP contribution in [0.2, 0.25) is 0 Å². The van der Waals surface area contributed by atoms with Gasteiger partial charge < -0.3 is 15.2 Å². The summed E-state index contributed by atoms with van der Waals surface area (Å²) in [5.41, 5.74) is 5.97. The summed E-state index contributed by atoms with van der Waals surface area (Å²) in [5.74, 6) is 0. The molecule has 0 spiro atoms. The zero-order chi connectivity index (χ0) is 16.0. The number of methoxy groups -OCH3 is 1. The first-order chi connectivity index (χ1) is 10.8. The molecule has 132 valence electrons. The summed E-state index contributed by atoms with van der Waals surface area (Å²) in [5, 5.41) is 0. The molecule has 0 radical (unpaired) electrons. The van der Waals surface area contributed by atoms with E-state index in [1.54, 1.807) is 7.11 Å². The van der Waals surface area contributed by atoms with Gasteiger partial charge in [-0.15, -0.1) is 0 Å². The van der Waals surface area contributed by atoms with Gasteiger partial charge in [0, 0.05) is 7.11 Å². The lowest BCUT2D eigenvalue weighted by Gasteiger charge is -2.19. The number of ether oxygens (including phenoxy) is 2. The van der Waals surface area contributed by atoms with Gasteiger partial charge in [-0.2, -0.15) is 0 Å². The van der Waals surface area contributed by atoms with Gasteiger partial charge in [-0.1, -0.05) is 84.0 Å². The van der Waals surface area contributed by atoms with E-state index >= 15 is 0 Å². The lowest BCUT2D eigenvalue weighted by molar-refractivity contribution is 0.00847. The zero-order valence-corrected chi connectivity index (χ0v) is 15.0. The summed E-state index contributed by atoms with van der Waals surface area (Å²) in [7, 11) is 1.74. The maximum Gasteiger partial charge on any atom is 0.101 e. The van der Waals surface area contributed by atoms with Crippen LogP contribution in [0.3, 0.4) is 0 Å². The predicted molar refractivity (Wildman–Crippen MR) is 94.2 cm³/mol. The molecule has 0 saturated carbocycles. The largest absolute Gasteiger partial charge is 0.377 e. The van der Waals surface area contributed by atoms with Gasteiger partial charge in [-0.3, -0.25) is 0 Å². The van der Waals surface area contributed by atoms with Crippen LogP contribution in [0.5, 0.6) is 0 Å². The summed E-state index contributed by atoms with van der Waals surface area (Å²) in [4.78, 5) is 0. The maximum atomic E-state index is 5.97. The Hall–Kier alpha value is -0.120. The first-order valence-electron chi connectivity index (χ1n) is 9.69. The van der Waals surface area contributed by atoms with Crippen molar-refractivity contribution in [2.75, 3.05) is 13.7 Å². The van der Waals surface area contributed by atoms with Crippen LogP contribution < -0.4 is 5.73 Å². The third kappa shape index (κ3) is 8.50. The second-order valence-electron chi connectivity index (χ2n) is 6.91. The van der Waals surface area contributed by atoms with Crippen molar-refractivity contribution in [1.82, 2.24) is 0 Å². The van der Waals surface area contributed by atoms with Crippen molar-refractivity contribution in [3.63, 3.8) is 0 Å². The summed E-state index contributed by atoms with van der Waals surface area (Å²) >= 11 is 0. The number of rotatable bonds is 14. The molecule has 0 amide bonds. The maximum absolute atomic E-state index is 5.97. The molecule has 3 atom stereocenters. The fourth-order valence-electron chi connectivity index (χ4n) is 3.46. The van der Waals surface area contributed by atoms with Gasteiger partial charge in [0.25, 0.3) is 0 Å². The Morgan fingerprint density at radius 3 is 1.86 bits per heavy atom. The van der Waals surface area contributed by atoms with Crippen molar-refractivity contribution in [3.8, 4) is 0 Å². The second-order valence-corrected chi connectivity index (χ2v) is 6.91. The molecule has 1 aliphatic rings. The second kappa shape index (κ2) is 13.3. The molecule has 2 N–H and O–H groups in total. The molecule has 1 fully saturated rings. The van der Waals surface area contributed by atoms with E-state index in [0.717, 1.165) is 6.42 Å². The van der Waals surface area contributed by atoms with Crippen molar-refractivity contribution >= 4 is 0 Å². The lowest BCUT2D eigenvalue weighted by atomic mass is 10.0. The Morgan fingerprint density at radius 2 is 1.36 bits per heavy atom. The molecular formula is C19H39NO2. The van der Waals surface area contributed by atoms with Gasteiger partial charge in [0.05, 0.1) is 18.8 Å². The normalized spacial score (nSPS) is 25.0. The Bertz CT molecular complexity index is 248. The molecule has 0 bridgehead atoms. The highest BCUT2D eigenvalue weighted by Crippen LogP contribution is 2.21. The van der Waals surface area contributed by atoms with Gasteiger partial charge in [0.2, 0.25) is 0 Å². The zero-order valence-electron chi connectivity index (χ0n) is 15.0. The summed E-state index contributed by atoms with van der Waals surface area (Å²) < 4.78 is 11.2. The van der Waals surface area contributed by atoms with Crippen LogP contribution in [0.4, 0.5) is 0 Å². The van der Waals surface area contributed by atoms with Crippen molar-refractivity contribution in [2.24, 2.45) is 5.73 Å². The number of unbranched alkanes of at least 4 members (excludes halogenated alkanes) is 11. The summed E-state index contributed by atoms with van der Waals surface area (Å²) in [6.45, 7) is 2.93. The molecule has 0 aliphatic carbocycles. The third-order valence-corrected chi connectivity index (χ3v) is 4.91. The van der Waals surface area contributed by atoms with Crippen LogP contribution in [-0.4, -0.2) is 32.0 Å².